The fourth-order valence-corrected chi connectivity index (χ4v) is 4.11. The van der Waals surface area contributed by atoms with Crippen molar-refractivity contribution in [3.05, 3.63) is 75.0 Å². The first-order valence-corrected chi connectivity index (χ1v) is 10.6. The Labute approximate surface area is 186 Å². The number of pyridine rings is 1. The highest BCUT2D eigenvalue weighted by molar-refractivity contribution is 7.13. The molecule has 162 valence electrons. The van der Waals surface area contributed by atoms with Crippen LogP contribution < -0.4 is 5.32 Å². The first-order valence-electron chi connectivity index (χ1n) is 9.70. The molecule has 0 unspecified atom stereocenters. The lowest BCUT2D eigenvalue weighted by atomic mass is 10.1. The van der Waals surface area contributed by atoms with Gasteiger partial charge in [-0.3, -0.25) is 34.4 Å². The van der Waals surface area contributed by atoms with Crippen molar-refractivity contribution in [1.82, 2.24) is 20.2 Å². The summed E-state index contributed by atoms with van der Waals surface area (Å²) in [6.07, 6.45) is 3.77. The monoisotopic (exact) mass is 451 g/mol. The van der Waals surface area contributed by atoms with Crippen LogP contribution in [-0.2, 0) is 11.3 Å². The van der Waals surface area contributed by atoms with E-state index in [1.165, 1.54) is 23.5 Å². The molecule has 10 nitrogen and oxygen atoms in total. The maximum absolute atomic E-state index is 12.5. The minimum Gasteiger partial charge on any atom is -0.350 e. The van der Waals surface area contributed by atoms with Gasteiger partial charge in [-0.05, 0) is 24.6 Å². The molecule has 3 heterocycles. The molecule has 3 amide bonds. The Kier molecular flexibility index (Phi) is 5.99. The van der Waals surface area contributed by atoms with Gasteiger partial charge in [0.15, 0.2) is 0 Å². The van der Waals surface area contributed by atoms with Crippen molar-refractivity contribution in [3.63, 3.8) is 0 Å². The lowest BCUT2D eigenvalue weighted by molar-refractivity contribution is -0.384. The second-order valence-electron chi connectivity index (χ2n) is 7.01. The van der Waals surface area contributed by atoms with E-state index in [0.717, 1.165) is 27.2 Å². The number of rotatable bonds is 8. The van der Waals surface area contributed by atoms with Crippen LogP contribution in [0.2, 0.25) is 0 Å². The molecule has 0 fully saturated rings. The van der Waals surface area contributed by atoms with E-state index in [1.54, 1.807) is 12.4 Å². The zero-order chi connectivity index (χ0) is 22.7. The van der Waals surface area contributed by atoms with Crippen LogP contribution in [0.25, 0.3) is 10.6 Å². The van der Waals surface area contributed by atoms with Gasteiger partial charge in [-0.2, -0.15) is 0 Å². The number of non-ortho nitro benzene ring substituents is 1. The molecule has 0 atom stereocenters. The maximum atomic E-state index is 12.5. The predicted octanol–water partition coefficient (Wildman–Crippen LogP) is 2.81. The number of aromatic nitrogens is 2. The summed E-state index contributed by atoms with van der Waals surface area (Å²) < 4.78 is 0. The number of nitrogens with zero attached hydrogens (tertiary/aromatic N) is 4. The lowest BCUT2D eigenvalue weighted by Gasteiger charge is -2.13. The van der Waals surface area contributed by atoms with Crippen LogP contribution in [0.3, 0.4) is 0 Å². The van der Waals surface area contributed by atoms with Crippen molar-refractivity contribution >= 4 is 34.7 Å². The normalized spacial score (nSPS) is 12.7. The van der Waals surface area contributed by atoms with Crippen LogP contribution in [0.4, 0.5) is 5.69 Å². The van der Waals surface area contributed by atoms with Gasteiger partial charge in [0.2, 0.25) is 5.91 Å². The van der Waals surface area contributed by atoms with Gasteiger partial charge in [-0.1, -0.05) is 0 Å². The zero-order valence-electron chi connectivity index (χ0n) is 16.7. The van der Waals surface area contributed by atoms with Gasteiger partial charge in [-0.25, -0.2) is 4.98 Å². The minimum absolute atomic E-state index is 0.0159. The topological polar surface area (TPSA) is 135 Å². The van der Waals surface area contributed by atoms with E-state index in [2.05, 4.69) is 15.3 Å². The number of benzene rings is 1. The number of fused-ring (bicyclic) bond motifs is 1. The molecule has 0 saturated carbocycles. The third-order valence-electron chi connectivity index (χ3n) is 4.90. The Morgan fingerprint density at radius 1 is 1.12 bits per heavy atom. The van der Waals surface area contributed by atoms with Gasteiger partial charge in [0.1, 0.15) is 5.01 Å². The molecule has 1 aliphatic rings. The van der Waals surface area contributed by atoms with Crippen LogP contribution in [0, 0.1) is 10.1 Å². The number of nitrogens with one attached hydrogen (secondary N) is 1. The SMILES string of the molecule is O=C(CCCN1C(=O)c2ccc([N+](=O)[O-])cc2C1=O)NCc1csc(-c2ccncc2)n1. The number of imide groups is 1. The molecule has 0 saturated heterocycles. The van der Waals surface area contributed by atoms with E-state index in [4.69, 9.17) is 0 Å². The highest BCUT2D eigenvalue weighted by Gasteiger charge is 2.36. The first kappa shape index (κ1) is 21.2. The summed E-state index contributed by atoms with van der Waals surface area (Å²) in [4.78, 5) is 56.8. The molecule has 11 heteroatoms. The summed E-state index contributed by atoms with van der Waals surface area (Å²) in [5.74, 6) is -1.32. The Hall–Kier alpha value is -3.99. The van der Waals surface area contributed by atoms with E-state index in [1.807, 2.05) is 17.5 Å². The average Bonchev–Trinajstić information content (AvgIpc) is 3.37. The molecule has 0 spiro atoms. The largest absolute Gasteiger partial charge is 0.350 e. The molecule has 0 radical (unpaired) electrons. The predicted molar refractivity (Wildman–Crippen MR) is 115 cm³/mol. The maximum Gasteiger partial charge on any atom is 0.270 e. The summed E-state index contributed by atoms with van der Waals surface area (Å²) >= 11 is 1.47. The minimum atomic E-state index is -0.618. The highest BCUT2D eigenvalue weighted by Crippen LogP contribution is 2.27. The van der Waals surface area contributed by atoms with Crippen LogP contribution in [0.1, 0.15) is 39.3 Å². The van der Waals surface area contributed by atoms with Crippen molar-refractivity contribution in [1.29, 1.82) is 0 Å². The molecule has 0 aliphatic carbocycles. The highest BCUT2D eigenvalue weighted by atomic mass is 32.1. The number of amides is 3. The molecule has 3 aromatic rings. The summed E-state index contributed by atoms with van der Waals surface area (Å²) in [6.45, 7) is 0.327. The van der Waals surface area contributed by atoms with E-state index in [-0.39, 0.29) is 48.7 Å². The van der Waals surface area contributed by atoms with E-state index in [0.29, 0.717) is 0 Å². The molecule has 32 heavy (non-hydrogen) atoms. The number of carbonyl (C=O) groups excluding carboxylic acids is 3. The van der Waals surface area contributed by atoms with Crippen molar-refractivity contribution in [2.75, 3.05) is 6.54 Å². The van der Waals surface area contributed by atoms with E-state index in [9.17, 15) is 24.5 Å². The Bertz CT molecular complexity index is 1210. The standard InChI is InChI=1S/C21H17N5O5S/c27-18(23-11-14-12-32-19(24-14)13-5-7-22-8-6-13)2-1-9-25-20(28)16-4-3-15(26(30)31)10-17(16)21(25)29/h3-8,10,12H,1-2,9,11H2,(H,23,27). The van der Waals surface area contributed by atoms with E-state index < -0.39 is 16.7 Å². The van der Waals surface area contributed by atoms with Crippen LogP contribution in [0.5, 0.6) is 0 Å². The molecule has 0 bridgehead atoms. The summed E-state index contributed by atoms with van der Waals surface area (Å²) in [6, 6.07) is 7.31. The fourth-order valence-electron chi connectivity index (χ4n) is 3.29. The number of nitro benzene ring substituents is 1. The zero-order valence-corrected chi connectivity index (χ0v) is 17.5. The lowest BCUT2D eigenvalue weighted by Crippen LogP contribution is -2.32. The number of carbonyl (C=O) groups is 3. The average molecular weight is 451 g/mol. The third kappa shape index (κ3) is 4.37. The van der Waals surface area contributed by atoms with Crippen molar-refractivity contribution < 1.29 is 19.3 Å². The van der Waals surface area contributed by atoms with Crippen LogP contribution >= 0.6 is 11.3 Å². The summed E-state index contributed by atoms with van der Waals surface area (Å²) in [5, 5.41) is 16.4. The molecule has 1 N–H and O–H groups in total. The van der Waals surface area contributed by atoms with Gasteiger partial charge in [-0.15, -0.1) is 11.3 Å². The van der Waals surface area contributed by atoms with Gasteiger partial charge >= 0.3 is 0 Å². The van der Waals surface area contributed by atoms with Gasteiger partial charge in [0, 0.05) is 48.4 Å². The Morgan fingerprint density at radius 3 is 2.62 bits per heavy atom. The third-order valence-corrected chi connectivity index (χ3v) is 5.84. The number of hydrogen-bond donors (Lipinski definition) is 1. The Balaban J connectivity index is 1.26. The number of hydrogen-bond acceptors (Lipinski definition) is 8. The fraction of sp³-hybridized carbons (Fsp3) is 0.190. The summed E-state index contributed by atoms with van der Waals surface area (Å²) in [5.41, 5.74) is 1.59. The van der Waals surface area contributed by atoms with Crippen LogP contribution in [-0.4, -0.2) is 44.1 Å². The smallest absolute Gasteiger partial charge is 0.270 e. The molecule has 4 rings (SSSR count). The molecule has 1 aromatic carbocycles. The second kappa shape index (κ2) is 9.02. The van der Waals surface area contributed by atoms with Crippen molar-refractivity contribution in [2.45, 2.75) is 19.4 Å². The van der Waals surface area contributed by atoms with Crippen LogP contribution in [0.15, 0.2) is 48.1 Å². The second-order valence-corrected chi connectivity index (χ2v) is 7.87. The number of thiazole rings is 1. The van der Waals surface area contributed by atoms with Gasteiger partial charge < -0.3 is 5.32 Å². The van der Waals surface area contributed by atoms with E-state index >= 15 is 0 Å². The van der Waals surface area contributed by atoms with Crippen molar-refractivity contribution in [3.8, 4) is 10.6 Å². The molecule has 2 aromatic heterocycles. The van der Waals surface area contributed by atoms with Crippen molar-refractivity contribution in [2.24, 2.45) is 0 Å². The molecular formula is C21H17N5O5S. The Morgan fingerprint density at radius 2 is 1.88 bits per heavy atom. The summed E-state index contributed by atoms with van der Waals surface area (Å²) in [7, 11) is 0. The molecule has 1 aliphatic heterocycles. The molecular weight excluding hydrogens is 434 g/mol. The first-order chi connectivity index (χ1) is 15.4. The number of nitro groups is 1. The van der Waals surface area contributed by atoms with Gasteiger partial charge in [0.25, 0.3) is 17.5 Å². The van der Waals surface area contributed by atoms with Gasteiger partial charge in [0.05, 0.1) is 28.3 Å². The quantitative estimate of drug-likeness (QED) is 0.316.